The summed E-state index contributed by atoms with van der Waals surface area (Å²) in [6.45, 7) is 0. The maximum Gasteiger partial charge on any atom is 0.0640 e. The highest BCUT2D eigenvalue weighted by Gasteiger charge is 2.12. The molecular weight excluding hydrogens is 180 g/mol. The number of nitrogens with one attached hydrogen (secondary N) is 1. The molecule has 1 aliphatic carbocycles. The third-order valence-corrected chi connectivity index (χ3v) is 3.15. The van der Waals surface area contributed by atoms with E-state index < -0.39 is 0 Å². The molecule has 0 unspecified atom stereocenters. The number of hydrogen-bond donors (Lipinski definition) is 1. The molecule has 1 saturated carbocycles. The molecule has 1 N–H and O–H groups in total. The molecule has 0 aromatic carbocycles. The normalized spacial score (nSPS) is 18.5. The second kappa shape index (κ2) is 4.42. The van der Waals surface area contributed by atoms with Gasteiger partial charge in [0.25, 0.3) is 0 Å². The van der Waals surface area contributed by atoms with Gasteiger partial charge in [0.05, 0.1) is 6.21 Å². The lowest BCUT2D eigenvalue weighted by Gasteiger charge is -2.06. The zero-order valence-corrected chi connectivity index (χ0v) is 8.39. The summed E-state index contributed by atoms with van der Waals surface area (Å²) in [6, 6.07) is 4.74. The van der Waals surface area contributed by atoms with Gasteiger partial charge in [-0.15, -0.1) is 11.3 Å². The monoisotopic (exact) mass is 194 g/mol. The topological polar surface area (TPSA) is 24.4 Å². The Kier molecular flexibility index (Phi) is 2.98. The quantitative estimate of drug-likeness (QED) is 0.580. The molecule has 0 atom stereocenters. The first-order valence-corrected chi connectivity index (χ1v) is 5.65. The van der Waals surface area contributed by atoms with Crippen LogP contribution in [0.15, 0.2) is 22.6 Å². The van der Waals surface area contributed by atoms with Crippen molar-refractivity contribution in [2.24, 2.45) is 5.10 Å². The van der Waals surface area contributed by atoms with Gasteiger partial charge in [-0.2, -0.15) is 5.10 Å². The molecule has 0 spiro atoms. The minimum absolute atomic E-state index is 0.621. The summed E-state index contributed by atoms with van der Waals surface area (Å²) in [6.07, 6.45) is 7.17. The van der Waals surface area contributed by atoms with Crippen molar-refractivity contribution < 1.29 is 0 Å². The second-order valence-electron chi connectivity index (χ2n) is 3.38. The highest BCUT2D eigenvalue weighted by Crippen LogP contribution is 2.17. The van der Waals surface area contributed by atoms with E-state index in [4.69, 9.17) is 0 Å². The summed E-state index contributed by atoms with van der Waals surface area (Å²) in [5, 5.41) is 6.30. The van der Waals surface area contributed by atoms with Crippen molar-refractivity contribution >= 4 is 17.6 Å². The van der Waals surface area contributed by atoms with Crippen LogP contribution >= 0.6 is 11.3 Å². The van der Waals surface area contributed by atoms with E-state index in [9.17, 15) is 0 Å². The molecule has 2 rings (SSSR count). The van der Waals surface area contributed by atoms with Crippen LogP contribution in [0.5, 0.6) is 0 Å². The Morgan fingerprint density at radius 2 is 2.31 bits per heavy atom. The van der Waals surface area contributed by atoms with Crippen LogP contribution in [0.1, 0.15) is 30.6 Å². The minimum atomic E-state index is 0.621. The van der Waals surface area contributed by atoms with E-state index in [2.05, 4.69) is 22.0 Å². The molecule has 0 bridgehead atoms. The number of hydrazone groups is 1. The third-order valence-electron chi connectivity index (χ3n) is 2.35. The fourth-order valence-corrected chi connectivity index (χ4v) is 2.21. The molecule has 1 aliphatic rings. The zero-order chi connectivity index (χ0) is 8.93. The second-order valence-corrected chi connectivity index (χ2v) is 4.36. The average molecular weight is 194 g/mol. The van der Waals surface area contributed by atoms with Crippen LogP contribution in [-0.4, -0.2) is 12.3 Å². The first-order chi connectivity index (χ1) is 6.45. The van der Waals surface area contributed by atoms with Gasteiger partial charge in [0.15, 0.2) is 0 Å². The van der Waals surface area contributed by atoms with Gasteiger partial charge in [0, 0.05) is 10.9 Å². The van der Waals surface area contributed by atoms with Crippen molar-refractivity contribution in [2.75, 3.05) is 0 Å². The molecule has 70 valence electrons. The molecule has 13 heavy (non-hydrogen) atoms. The van der Waals surface area contributed by atoms with Crippen molar-refractivity contribution in [1.29, 1.82) is 0 Å². The summed E-state index contributed by atoms with van der Waals surface area (Å²) in [5.41, 5.74) is 3.20. The van der Waals surface area contributed by atoms with Gasteiger partial charge in [-0.05, 0) is 24.3 Å². The Hall–Kier alpha value is -0.830. The number of rotatable bonds is 3. The van der Waals surface area contributed by atoms with Crippen molar-refractivity contribution in [1.82, 2.24) is 5.43 Å². The first kappa shape index (κ1) is 8.75. The van der Waals surface area contributed by atoms with Gasteiger partial charge in [-0.3, -0.25) is 0 Å². The Balaban J connectivity index is 1.78. The van der Waals surface area contributed by atoms with Crippen LogP contribution in [-0.2, 0) is 0 Å². The van der Waals surface area contributed by atoms with Crippen LogP contribution in [0.4, 0.5) is 0 Å². The Bertz CT molecular complexity index is 260. The molecule has 1 heterocycles. The highest BCUT2D eigenvalue weighted by atomic mass is 32.1. The molecule has 1 aromatic heterocycles. The predicted octanol–water partition coefficient (Wildman–Crippen LogP) is 2.61. The molecule has 2 nitrogen and oxygen atoms in total. The molecule has 1 fully saturated rings. The fourth-order valence-electron chi connectivity index (χ4n) is 1.63. The molecule has 1 aromatic rings. The van der Waals surface area contributed by atoms with Crippen LogP contribution in [0.25, 0.3) is 0 Å². The van der Waals surface area contributed by atoms with Gasteiger partial charge in [0.2, 0.25) is 0 Å². The third kappa shape index (κ3) is 2.56. The summed E-state index contributed by atoms with van der Waals surface area (Å²) in [5.74, 6) is 0. The van der Waals surface area contributed by atoms with Gasteiger partial charge in [-0.1, -0.05) is 18.9 Å². The Morgan fingerprint density at radius 3 is 3.00 bits per heavy atom. The average Bonchev–Trinajstić information content (AvgIpc) is 2.75. The first-order valence-electron chi connectivity index (χ1n) is 4.77. The maximum absolute atomic E-state index is 4.23. The van der Waals surface area contributed by atoms with Crippen molar-refractivity contribution in [3.8, 4) is 0 Å². The largest absolute Gasteiger partial charge is 0.307 e. The molecular formula is C10H14N2S. The van der Waals surface area contributed by atoms with Crippen LogP contribution in [0.2, 0.25) is 0 Å². The smallest absolute Gasteiger partial charge is 0.0640 e. The van der Waals surface area contributed by atoms with E-state index >= 15 is 0 Å². The number of thiophene rings is 1. The lowest BCUT2D eigenvalue weighted by Crippen LogP contribution is -2.20. The lowest BCUT2D eigenvalue weighted by molar-refractivity contribution is 0.549. The van der Waals surface area contributed by atoms with E-state index in [1.54, 1.807) is 11.3 Å². The van der Waals surface area contributed by atoms with Crippen LogP contribution < -0.4 is 5.43 Å². The molecule has 0 amide bonds. The molecule has 0 saturated heterocycles. The van der Waals surface area contributed by atoms with E-state index in [1.807, 2.05) is 12.3 Å². The van der Waals surface area contributed by atoms with E-state index in [0.717, 1.165) is 0 Å². The summed E-state index contributed by atoms with van der Waals surface area (Å²) in [4.78, 5) is 1.21. The fraction of sp³-hybridized carbons (Fsp3) is 0.500. The van der Waals surface area contributed by atoms with Crippen LogP contribution in [0, 0.1) is 0 Å². The standard InChI is InChI=1S/C10H14N2S/c1-2-5-9(4-1)12-11-8-10-6-3-7-13-10/h3,6-9,12H,1-2,4-5H2/b11-8+. The summed E-state index contributed by atoms with van der Waals surface area (Å²) >= 11 is 1.72. The predicted molar refractivity (Wildman–Crippen MR) is 57.3 cm³/mol. The number of hydrogen-bond acceptors (Lipinski definition) is 3. The van der Waals surface area contributed by atoms with Gasteiger partial charge in [-0.25, -0.2) is 0 Å². The minimum Gasteiger partial charge on any atom is -0.307 e. The maximum atomic E-state index is 4.23. The van der Waals surface area contributed by atoms with E-state index in [-0.39, 0.29) is 0 Å². The van der Waals surface area contributed by atoms with E-state index in [1.165, 1.54) is 30.6 Å². The van der Waals surface area contributed by atoms with Gasteiger partial charge < -0.3 is 5.43 Å². The number of nitrogens with zero attached hydrogens (tertiary/aromatic N) is 1. The lowest BCUT2D eigenvalue weighted by atomic mass is 10.3. The highest BCUT2D eigenvalue weighted by molar-refractivity contribution is 7.11. The van der Waals surface area contributed by atoms with Gasteiger partial charge in [0.1, 0.15) is 0 Å². The molecule has 0 aliphatic heterocycles. The summed E-state index contributed by atoms with van der Waals surface area (Å²) < 4.78 is 0. The van der Waals surface area contributed by atoms with Crippen molar-refractivity contribution in [3.63, 3.8) is 0 Å². The summed E-state index contributed by atoms with van der Waals surface area (Å²) in [7, 11) is 0. The SMILES string of the molecule is C(=N\NC1CCCC1)/c1cccs1. The van der Waals surface area contributed by atoms with Gasteiger partial charge >= 0.3 is 0 Å². The Morgan fingerprint density at radius 1 is 1.46 bits per heavy atom. The van der Waals surface area contributed by atoms with Crippen molar-refractivity contribution in [2.45, 2.75) is 31.7 Å². The molecule has 3 heteroatoms. The zero-order valence-electron chi connectivity index (χ0n) is 7.57. The Labute approximate surface area is 82.7 Å². The van der Waals surface area contributed by atoms with Crippen molar-refractivity contribution in [3.05, 3.63) is 22.4 Å². The molecule has 0 radical (unpaired) electrons. The van der Waals surface area contributed by atoms with E-state index in [0.29, 0.717) is 6.04 Å². The van der Waals surface area contributed by atoms with Crippen LogP contribution in [0.3, 0.4) is 0 Å².